The van der Waals surface area contributed by atoms with Crippen LogP contribution in [0.4, 0.5) is 34.1 Å². The second kappa shape index (κ2) is 13.7. The zero-order chi connectivity index (χ0) is 48.2. The summed E-state index contributed by atoms with van der Waals surface area (Å²) in [4.78, 5) is 5.48. The minimum atomic E-state index is -0.00810. The molecule has 4 heteroatoms. The van der Waals surface area contributed by atoms with Crippen LogP contribution < -0.4 is 26.2 Å². The lowest BCUT2D eigenvalue weighted by molar-refractivity contribution is 0.332. The molecule has 5 aliphatic rings. The van der Waals surface area contributed by atoms with Gasteiger partial charge in [-0.3, -0.25) is 0 Å². The Labute approximate surface area is 412 Å². The molecule has 2 nitrogen and oxygen atoms in total. The third kappa shape index (κ3) is 6.13. The predicted molar refractivity (Wildman–Crippen MR) is 298 cm³/mol. The normalized spacial score (nSPS) is 20.7. The van der Waals surface area contributed by atoms with E-state index in [4.69, 9.17) is 0 Å². The van der Waals surface area contributed by atoms with Gasteiger partial charge in [0.1, 0.15) is 0 Å². The van der Waals surface area contributed by atoms with E-state index >= 15 is 0 Å². The van der Waals surface area contributed by atoms with Crippen molar-refractivity contribution in [3.8, 4) is 0 Å². The van der Waals surface area contributed by atoms with Crippen LogP contribution in [0.3, 0.4) is 0 Å². The summed E-state index contributed by atoms with van der Waals surface area (Å²) < 4.78 is 2.76. The zero-order valence-electron chi connectivity index (χ0n) is 44.1. The number of nitrogens with zero attached hydrogens (tertiary/aromatic N) is 2. The highest BCUT2D eigenvalue weighted by atomic mass is 32.1. The van der Waals surface area contributed by atoms with Gasteiger partial charge in [0.2, 0.25) is 0 Å². The van der Waals surface area contributed by atoms with Gasteiger partial charge in [0.25, 0.3) is 6.71 Å². The molecule has 0 amide bonds. The van der Waals surface area contributed by atoms with Gasteiger partial charge < -0.3 is 9.80 Å². The number of aryl methyl sites for hydroxylation is 1. The molecule has 12 rings (SSSR count). The highest BCUT2D eigenvalue weighted by molar-refractivity contribution is 7.26. The maximum atomic E-state index is 2.75. The van der Waals surface area contributed by atoms with E-state index in [2.05, 4.69) is 212 Å². The molecule has 0 unspecified atom stereocenters. The van der Waals surface area contributed by atoms with Crippen molar-refractivity contribution in [2.45, 2.75) is 181 Å². The number of benzene rings is 6. The summed E-state index contributed by atoms with van der Waals surface area (Å²) in [6, 6.07) is 37.6. The third-order valence-corrected chi connectivity index (χ3v) is 19.5. The van der Waals surface area contributed by atoms with E-state index in [0.717, 1.165) is 6.42 Å². The van der Waals surface area contributed by atoms with Crippen LogP contribution in [-0.4, -0.2) is 6.71 Å². The first-order valence-electron chi connectivity index (χ1n) is 25.9. The predicted octanol–water partition coefficient (Wildman–Crippen LogP) is 16.4. The summed E-state index contributed by atoms with van der Waals surface area (Å²) in [5.74, 6) is 0. The van der Waals surface area contributed by atoms with Crippen LogP contribution >= 0.6 is 11.3 Å². The molecule has 0 spiro atoms. The Bertz CT molecular complexity index is 3340. The zero-order valence-corrected chi connectivity index (χ0v) is 44.9. The Kier molecular flexibility index (Phi) is 8.98. The Morgan fingerprint density at radius 2 is 0.985 bits per heavy atom. The van der Waals surface area contributed by atoms with Gasteiger partial charge in [-0.2, -0.15) is 0 Å². The van der Waals surface area contributed by atoms with Gasteiger partial charge in [-0.15, -0.1) is 11.3 Å². The van der Waals surface area contributed by atoms with Crippen molar-refractivity contribution in [3.63, 3.8) is 0 Å². The molecule has 68 heavy (non-hydrogen) atoms. The lowest BCUT2D eigenvalue weighted by Crippen LogP contribution is -2.62. The highest BCUT2D eigenvalue weighted by Crippen LogP contribution is 2.56. The standard InChI is InChI=1S/C64H73BN2S/c1-37-29-52-56-53(30-37)67(49-24-23-41(58(2,3)4)57-55(49)39-19-17-18-20-54(39)68-57)51-35-46-44(63(13,14)36-64(46,15)16)33-48(51)65(56)47-32-43-45(62(11,12)28-27-61(43,9)10)34-50(47)66(52)38-21-22-40-42(31-38)60(7,8)26-25-59(40,5)6/h17-24,29-35H,25-28,36H2,1-16H3. The fourth-order valence-electron chi connectivity index (χ4n) is 14.5. The van der Waals surface area contributed by atoms with E-state index in [1.807, 2.05) is 11.3 Å². The van der Waals surface area contributed by atoms with Gasteiger partial charge in [-0.25, -0.2) is 0 Å². The summed E-state index contributed by atoms with van der Waals surface area (Å²) in [6.45, 7) is 39.4. The minimum absolute atomic E-state index is 0.00810. The van der Waals surface area contributed by atoms with Crippen LogP contribution in [0.1, 0.15) is 180 Å². The summed E-state index contributed by atoms with van der Waals surface area (Å²) in [5, 5.41) is 2.73. The lowest BCUT2D eigenvalue weighted by Gasteiger charge is -2.48. The molecule has 3 aliphatic carbocycles. The molecule has 3 heterocycles. The average molecular weight is 913 g/mol. The summed E-state index contributed by atoms with van der Waals surface area (Å²) in [7, 11) is 0. The fraction of sp³-hybridized carbons (Fsp3) is 0.438. The van der Waals surface area contributed by atoms with Crippen molar-refractivity contribution >= 4 is 88.7 Å². The molecule has 0 fully saturated rings. The number of hydrogen-bond acceptors (Lipinski definition) is 3. The summed E-state index contributed by atoms with van der Waals surface area (Å²) in [6.07, 6.45) is 5.90. The van der Waals surface area contributed by atoms with Crippen molar-refractivity contribution in [3.05, 3.63) is 136 Å². The monoisotopic (exact) mass is 913 g/mol. The van der Waals surface area contributed by atoms with E-state index < -0.39 is 0 Å². The van der Waals surface area contributed by atoms with Gasteiger partial charge >= 0.3 is 0 Å². The molecule has 0 bridgehead atoms. The van der Waals surface area contributed by atoms with Gasteiger partial charge in [0.15, 0.2) is 0 Å². The van der Waals surface area contributed by atoms with Crippen molar-refractivity contribution < 1.29 is 0 Å². The van der Waals surface area contributed by atoms with E-state index in [-0.39, 0.29) is 44.6 Å². The molecule has 7 aromatic rings. The molecule has 348 valence electrons. The van der Waals surface area contributed by atoms with E-state index in [0.29, 0.717) is 0 Å². The van der Waals surface area contributed by atoms with Crippen LogP contribution in [0.5, 0.6) is 0 Å². The first-order valence-corrected chi connectivity index (χ1v) is 26.7. The number of anilines is 6. The van der Waals surface area contributed by atoms with Crippen molar-refractivity contribution in [1.29, 1.82) is 0 Å². The maximum Gasteiger partial charge on any atom is 0.252 e. The summed E-state index contributed by atoms with van der Waals surface area (Å²) >= 11 is 1.97. The Balaban J connectivity index is 1.24. The van der Waals surface area contributed by atoms with Crippen molar-refractivity contribution in [2.24, 2.45) is 0 Å². The fourth-order valence-corrected chi connectivity index (χ4v) is 15.9. The van der Waals surface area contributed by atoms with Crippen LogP contribution in [0.2, 0.25) is 0 Å². The molecule has 2 aliphatic heterocycles. The largest absolute Gasteiger partial charge is 0.311 e. The second-order valence-corrected chi connectivity index (χ2v) is 28.2. The smallest absolute Gasteiger partial charge is 0.252 e. The average Bonchev–Trinajstić information content (AvgIpc) is 3.72. The van der Waals surface area contributed by atoms with Crippen LogP contribution in [0, 0.1) is 6.92 Å². The molecule has 0 saturated carbocycles. The van der Waals surface area contributed by atoms with Crippen molar-refractivity contribution in [2.75, 3.05) is 9.80 Å². The Morgan fingerprint density at radius 3 is 1.59 bits per heavy atom. The lowest BCUT2D eigenvalue weighted by atomic mass is 9.33. The van der Waals surface area contributed by atoms with Gasteiger partial charge in [-0.05, 0) is 186 Å². The Hall–Kier alpha value is -4.80. The SMILES string of the molecule is Cc1cc2c3c(c1)N(c1ccc(C(C)(C)C)c4sc5ccccc5c14)c1cc4c(cc1B3c1cc3c(cc1N2c1ccc2c(c1)C(C)(C)CCC2(C)C)C(C)(C)CCC3(C)C)C(C)(C)CC4(C)C. The minimum Gasteiger partial charge on any atom is -0.311 e. The van der Waals surface area contributed by atoms with E-state index in [9.17, 15) is 0 Å². The van der Waals surface area contributed by atoms with Gasteiger partial charge in [0, 0.05) is 48.6 Å². The number of rotatable bonds is 2. The third-order valence-electron chi connectivity index (χ3n) is 18.3. The molecule has 0 atom stereocenters. The van der Waals surface area contributed by atoms with E-state index in [1.54, 1.807) is 0 Å². The second-order valence-electron chi connectivity index (χ2n) is 27.1. The first kappa shape index (κ1) is 44.4. The molecule has 6 aromatic carbocycles. The number of thiophene rings is 1. The van der Waals surface area contributed by atoms with Crippen LogP contribution in [-0.2, 0) is 37.9 Å². The molecule has 0 radical (unpaired) electrons. The van der Waals surface area contributed by atoms with E-state index in [1.165, 1.54) is 141 Å². The molecular weight excluding hydrogens is 840 g/mol. The van der Waals surface area contributed by atoms with Crippen molar-refractivity contribution in [1.82, 2.24) is 0 Å². The molecule has 1 aromatic heterocycles. The maximum absolute atomic E-state index is 2.75. The highest BCUT2D eigenvalue weighted by Gasteiger charge is 2.50. The molecular formula is C64H73BN2S. The molecule has 0 N–H and O–H groups in total. The van der Waals surface area contributed by atoms with Crippen LogP contribution in [0.25, 0.3) is 20.2 Å². The first-order chi connectivity index (χ1) is 31.7. The Morgan fingerprint density at radius 1 is 0.485 bits per heavy atom. The topological polar surface area (TPSA) is 6.48 Å². The number of hydrogen-bond donors (Lipinski definition) is 0. The number of fused-ring (bicyclic) bond motifs is 10. The van der Waals surface area contributed by atoms with Gasteiger partial charge in [0.05, 0.1) is 5.69 Å². The molecule has 0 saturated heterocycles. The van der Waals surface area contributed by atoms with Crippen LogP contribution in [0.15, 0.2) is 91.0 Å². The van der Waals surface area contributed by atoms with Gasteiger partial charge in [-0.1, -0.05) is 146 Å². The quantitative estimate of drug-likeness (QED) is 0.159. The summed E-state index contributed by atoms with van der Waals surface area (Å²) in [5.41, 5.74) is 24.5.